The number of anilines is 1. The van der Waals surface area contributed by atoms with Crippen molar-refractivity contribution < 1.29 is 17.9 Å². The Balaban J connectivity index is 1.44. The Bertz CT molecular complexity index is 1180. The van der Waals surface area contributed by atoms with Gasteiger partial charge in [0.2, 0.25) is 10.0 Å². The maximum Gasteiger partial charge on any atom is 0.256 e. The molecule has 0 radical (unpaired) electrons. The van der Waals surface area contributed by atoms with Crippen molar-refractivity contribution in [3.63, 3.8) is 0 Å². The van der Waals surface area contributed by atoms with Crippen LogP contribution in [0.25, 0.3) is 0 Å². The molecule has 1 amide bonds. The predicted molar refractivity (Wildman–Crippen MR) is 124 cm³/mol. The molecule has 0 unspecified atom stereocenters. The van der Waals surface area contributed by atoms with Gasteiger partial charge in [-0.1, -0.05) is 12.8 Å². The lowest BCUT2D eigenvalue weighted by Crippen LogP contribution is -2.31. The highest BCUT2D eigenvalue weighted by molar-refractivity contribution is 7.89. The normalized spacial score (nSPS) is 14.9. The highest BCUT2D eigenvalue weighted by Crippen LogP contribution is 2.24. The summed E-state index contributed by atoms with van der Waals surface area (Å²) in [7, 11) is -3.56. The van der Waals surface area contributed by atoms with Crippen molar-refractivity contribution in [3.8, 4) is 5.75 Å². The molecule has 1 aliphatic heterocycles. The van der Waals surface area contributed by atoms with Crippen molar-refractivity contribution in [3.05, 3.63) is 78.2 Å². The molecule has 4 rings (SSSR count). The molecule has 0 spiro atoms. The molecular weight excluding hydrogens is 440 g/mol. The van der Waals surface area contributed by atoms with Crippen LogP contribution in [0.4, 0.5) is 5.82 Å². The number of nitrogens with one attached hydrogen (secondary N) is 1. The summed E-state index contributed by atoms with van der Waals surface area (Å²) in [6.45, 7) is 1.37. The monoisotopic (exact) mass is 466 g/mol. The van der Waals surface area contributed by atoms with Gasteiger partial charge in [-0.05, 0) is 66.9 Å². The molecule has 3 heterocycles. The average molecular weight is 467 g/mol. The van der Waals surface area contributed by atoms with E-state index < -0.39 is 15.9 Å². The maximum atomic E-state index is 12.9. The molecule has 1 aromatic carbocycles. The summed E-state index contributed by atoms with van der Waals surface area (Å²) < 4.78 is 33.2. The molecular formula is C24H26N4O4S. The third kappa shape index (κ3) is 5.74. The molecule has 1 N–H and O–H groups in total. The number of hydrogen-bond acceptors (Lipinski definition) is 6. The Morgan fingerprint density at radius 3 is 2.33 bits per heavy atom. The van der Waals surface area contributed by atoms with Gasteiger partial charge in [-0.3, -0.25) is 9.78 Å². The SMILES string of the molecule is O=C(Nc1ncccc1OCc1ccncc1)c1ccc(S(=O)(=O)N2CCCCCC2)cc1. The smallest absolute Gasteiger partial charge is 0.256 e. The van der Waals surface area contributed by atoms with Crippen molar-refractivity contribution >= 4 is 21.7 Å². The number of aromatic nitrogens is 2. The van der Waals surface area contributed by atoms with Crippen LogP contribution < -0.4 is 10.1 Å². The van der Waals surface area contributed by atoms with E-state index in [1.54, 1.807) is 30.7 Å². The van der Waals surface area contributed by atoms with E-state index in [9.17, 15) is 13.2 Å². The second-order valence-electron chi connectivity index (χ2n) is 7.79. The minimum Gasteiger partial charge on any atom is -0.485 e. The molecule has 33 heavy (non-hydrogen) atoms. The van der Waals surface area contributed by atoms with E-state index >= 15 is 0 Å². The van der Waals surface area contributed by atoms with Crippen molar-refractivity contribution in [2.45, 2.75) is 37.2 Å². The first-order chi connectivity index (χ1) is 16.0. The summed E-state index contributed by atoms with van der Waals surface area (Å²) >= 11 is 0. The summed E-state index contributed by atoms with van der Waals surface area (Å²) in [5, 5.41) is 2.75. The highest BCUT2D eigenvalue weighted by atomic mass is 32.2. The topological polar surface area (TPSA) is 101 Å². The Morgan fingerprint density at radius 1 is 0.939 bits per heavy atom. The van der Waals surface area contributed by atoms with E-state index in [0.29, 0.717) is 31.0 Å². The van der Waals surface area contributed by atoms with Crippen LogP contribution in [0.1, 0.15) is 41.6 Å². The molecule has 2 aromatic heterocycles. The summed E-state index contributed by atoms with van der Waals surface area (Å²) in [6.07, 6.45) is 8.76. The van der Waals surface area contributed by atoms with Gasteiger partial charge in [-0.2, -0.15) is 4.31 Å². The van der Waals surface area contributed by atoms with Gasteiger partial charge in [0.1, 0.15) is 6.61 Å². The molecule has 0 bridgehead atoms. The lowest BCUT2D eigenvalue weighted by atomic mass is 10.2. The minimum atomic E-state index is -3.56. The highest BCUT2D eigenvalue weighted by Gasteiger charge is 2.25. The first-order valence-electron chi connectivity index (χ1n) is 10.9. The Kier molecular flexibility index (Phi) is 7.31. The van der Waals surface area contributed by atoms with E-state index in [4.69, 9.17) is 4.74 Å². The van der Waals surface area contributed by atoms with Crippen LogP contribution in [0.2, 0.25) is 0 Å². The van der Waals surface area contributed by atoms with Gasteiger partial charge in [0.25, 0.3) is 5.91 Å². The fraction of sp³-hybridized carbons (Fsp3) is 0.292. The van der Waals surface area contributed by atoms with E-state index in [0.717, 1.165) is 31.2 Å². The number of carbonyl (C=O) groups excluding carboxylic acids is 1. The van der Waals surface area contributed by atoms with E-state index in [1.165, 1.54) is 28.6 Å². The average Bonchev–Trinajstić information content (AvgIpc) is 3.15. The quantitative estimate of drug-likeness (QED) is 0.567. The van der Waals surface area contributed by atoms with Gasteiger partial charge >= 0.3 is 0 Å². The van der Waals surface area contributed by atoms with Gasteiger partial charge in [0.05, 0.1) is 4.90 Å². The van der Waals surface area contributed by atoms with Crippen molar-refractivity contribution in [1.29, 1.82) is 0 Å². The zero-order valence-electron chi connectivity index (χ0n) is 18.2. The molecule has 1 fully saturated rings. The molecule has 9 heteroatoms. The zero-order valence-corrected chi connectivity index (χ0v) is 19.0. The fourth-order valence-corrected chi connectivity index (χ4v) is 5.15. The number of benzene rings is 1. The number of rotatable bonds is 7. The molecule has 0 aliphatic carbocycles. The van der Waals surface area contributed by atoms with Crippen LogP contribution >= 0.6 is 0 Å². The van der Waals surface area contributed by atoms with E-state index in [2.05, 4.69) is 15.3 Å². The number of hydrogen-bond donors (Lipinski definition) is 1. The lowest BCUT2D eigenvalue weighted by Gasteiger charge is -2.20. The number of carbonyl (C=O) groups is 1. The molecule has 3 aromatic rings. The molecule has 1 saturated heterocycles. The summed E-state index contributed by atoms with van der Waals surface area (Å²) in [5.41, 5.74) is 1.27. The second kappa shape index (κ2) is 10.5. The number of pyridine rings is 2. The van der Waals surface area contributed by atoms with Crippen LogP contribution in [0.3, 0.4) is 0 Å². The number of sulfonamides is 1. The van der Waals surface area contributed by atoms with Crippen LogP contribution in [-0.4, -0.2) is 41.7 Å². The Hall–Kier alpha value is -3.30. The number of amides is 1. The van der Waals surface area contributed by atoms with Crippen LogP contribution in [0.15, 0.2) is 72.0 Å². The third-order valence-corrected chi connectivity index (χ3v) is 7.38. The van der Waals surface area contributed by atoms with E-state index in [1.807, 2.05) is 12.1 Å². The van der Waals surface area contributed by atoms with Crippen molar-refractivity contribution in [2.75, 3.05) is 18.4 Å². The predicted octanol–water partition coefficient (Wildman–Crippen LogP) is 3.87. The van der Waals surface area contributed by atoms with Gasteiger partial charge in [-0.25, -0.2) is 13.4 Å². The van der Waals surface area contributed by atoms with Gasteiger partial charge < -0.3 is 10.1 Å². The number of nitrogens with zero attached hydrogens (tertiary/aromatic N) is 3. The summed E-state index contributed by atoms with van der Waals surface area (Å²) in [5.74, 6) is 0.321. The second-order valence-corrected chi connectivity index (χ2v) is 9.73. The van der Waals surface area contributed by atoms with Crippen LogP contribution in [-0.2, 0) is 16.6 Å². The Morgan fingerprint density at radius 2 is 1.64 bits per heavy atom. The molecule has 0 atom stereocenters. The van der Waals surface area contributed by atoms with Gasteiger partial charge in [-0.15, -0.1) is 0 Å². The molecule has 172 valence electrons. The molecule has 1 aliphatic rings. The van der Waals surface area contributed by atoms with Crippen LogP contribution in [0.5, 0.6) is 5.75 Å². The van der Waals surface area contributed by atoms with Crippen molar-refractivity contribution in [2.24, 2.45) is 0 Å². The standard InChI is InChI=1S/C24H26N4O4S/c29-24(27-23-22(6-5-13-26-23)32-18-19-11-14-25-15-12-19)20-7-9-21(10-8-20)33(30,31)28-16-3-1-2-4-17-28/h5-15H,1-4,16-18H2,(H,26,27,29). The van der Waals surface area contributed by atoms with Crippen molar-refractivity contribution in [1.82, 2.24) is 14.3 Å². The first kappa shape index (κ1) is 22.9. The first-order valence-corrected chi connectivity index (χ1v) is 12.4. The van der Waals surface area contributed by atoms with Crippen LogP contribution in [0, 0.1) is 0 Å². The zero-order chi connectivity index (χ0) is 23.1. The third-order valence-electron chi connectivity index (χ3n) is 5.47. The van der Waals surface area contributed by atoms with Gasteiger partial charge in [0.15, 0.2) is 11.6 Å². The summed E-state index contributed by atoms with van der Waals surface area (Å²) in [6, 6.07) is 13.1. The summed E-state index contributed by atoms with van der Waals surface area (Å²) in [4.78, 5) is 21.2. The fourth-order valence-electron chi connectivity index (χ4n) is 3.63. The maximum absolute atomic E-state index is 12.9. The minimum absolute atomic E-state index is 0.195. The Labute approximate surface area is 193 Å². The lowest BCUT2D eigenvalue weighted by molar-refractivity contribution is 0.102. The van der Waals surface area contributed by atoms with Gasteiger partial charge in [0, 0.05) is 37.2 Å². The number of ether oxygens (including phenoxy) is 1. The molecule has 8 nitrogen and oxygen atoms in total. The largest absolute Gasteiger partial charge is 0.485 e. The van der Waals surface area contributed by atoms with E-state index in [-0.39, 0.29) is 10.7 Å². The molecule has 0 saturated carbocycles.